The van der Waals surface area contributed by atoms with E-state index in [1.165, 1.54) is 0 Å². The number of rotatable bonds is 4. The third kappa shape index (κ3) is 2.60. The van der Waals surface area contributed by atoms with E-state index in [9.17, 15) is 9.59 Å². The lowest BCUT2D eigenvalue weighted by Crippen LogP contribution is -2.11. The molecule has 4 heteroatoms. The number of fused-ring (bicyclic) bond motifs is 2. The molecule has 4 nitrogen and oxygen atoms in total. The van der Waals surface area contributed by atoms with Crippen LogP contribution in [-0.2, 0) is 9.47 Å². The molecule has 122 valence electrons. The van der Waals surface area contributed by atoms with Gasteiger partial charge in [0.25, 0.3) is 0 Å². The van der Waals surface area contributed by atoms with E-state index in [0.717, 1.165) is 0 Å². The monoisotopic (exact) mass is 322 g/mol. The molecule has 0 saturated carbocycles. The quantitative estimate of drug-likeness (QED) is 0.529. The molecule has 0 N–H and O–H groups in total. The van der Waals surface area contributed by atoms with Gasteiger partial charge in [-0.3, -0.25) is 0 Å². The van der Waals surface area contributed by atoms with Crippen molar-refractivity contribution in [3.8, 4) is 0 Å². The fourth-order valence-corrected chi connectivity index (χ4v) is 2.97. The van der Waals surface area contributed by atoms with E-state index in [4.69, 9.17) is 9.47 Å². The lowest BCUT2D eigenvalue weighted by Gasteiger charge is -2.15. The van der Waals surface area contributed by atoms with Crippen LogP contribution in [0, 0.1) is 0 Å². The Morgan fingerprint density at radius 2 is 0.958 bits per heavy atom. The van der Waals surface area contributed by atoms with Crippen molar-refractivity contribution in [2.45, 2.75) is 13.8 Å². The van der Waals surface area contributed by atoms with Crippen LogP contribution in [0.2, 0.25) is 0 Å². The highest BCUT2D eigenvalue weighted by molar-refractivity contribution is 6.24. The fourth-order valence-electron chi connectivity index (χ4n) is 2.97. The minimum Gasteiger partial charge on any atom is -0.462 e. The Kier molecular flexibility index (Phi) is 4.47. The summed E-state index contributed by atoms with van der Waals surface area (Å²) < 4.78 is 10.5. The van der Waals surface area contributed by atoms with Crippen molar-refractivity contribution in [2.75, 3.05) is 13.2 Å². The summed E-state index contributed by atoms with van der Waals surface area (Å²) in [6, 6.07) is 14.7. The lowest BCUT2D eigenvalue weighted by molar-refractivity contribution is 0.0518. The highest BCUT2D eigenvalue weighted by atomic mass is 16.5. The van der Waals surface area contributed by atoms with E-state index in [0.29, 0.717) is 45.9 Å². The Bertz CT molecular complexity index is 794. The Balaban J connectivity index is 2.46. The van der Waals surface area contributed by atoms with Crippen LogP contribution in [0.25, 0.3) is 21.5 Å². The number of hydrogen-bond acceptors (Lipinski definition) is 4. The van der Waals surface area contributed by atoms with Crippen molar-refractivity contribution >= 4 is 33.5 Å². The summed E-state index contributed by atoms with van der Waals surface area (Å²) in [7, 11) is 0. The van der Waals surface area contributed by atoms with Gasteiger partial charge in [-0.15, -0.1) is 0 Å². The number of carbonyl (C=O) groups is 2. The Morgan fingerprint density at radius 1 is 0.667 bits per heavy atom. The Hall–Kier alpha value is -2.88. The summed E-state index contributed by atoms with van der Waals surface area (Å²) in [4.78, 5) is 25.1. The standard InChI is InChI=1S/C20H18O4/c1-3-23-19(21)17-13-9-5-7-11-15(13)18(20(22)24-4-2)16-12-8-6-10-14(16)17/h5-12H,3-4H2,1-2H3. The van der Waals surface area contributed by atoms with Gasteiger partial charge in [0, 0.05) is 0 Å². The first-order valence-electron chi connectivity index (χ1n) is 7.96. The van der Waals surface area contributed by atoms with Crippen molar-refractivity contribution in [3.05, 3.63) is 59.7 Å². The van der Waals surface area contributed by atoms with E-state index in [1.807, 2.05) is 48.5 Å². The smallest absolute Gasteiger partial charge is 0.339 e. The molecule has 0 fully saturated rings. The van der Waals surface area contributed by atoms with Crippen molar-refractivity contribution in [1.82, 2.24) is 0 Å². The van der Waals surface area contributed by atoms with Crippen LogP contribution < -0.4 is 0 Å². The molecule has 3 aromatic carbocycles. The number of benzene rings is 3. The van der Waals surface area contributed by atoms with E-state index >= 15 is 0 Å². The Labute approximate surface area is 140 Å². The van der Waals surface area contributed by atoms with Crippen molar-refractivity contribution in [3.63, 3.8) is 0 Å². The molecule has 3 aromatic rings. The maximum atomic E-state index is 12.5. The average Bonchev–Trinajstić information content (AvgIpc) is 2.59. The van der Waals surface area contributed by atoms with Gasteiger partial charge in [-0.05, 0) is 35.4 Å². The summed E-state index contributed by atoms with van der Waals surface area (Å²) >= 11 is 0. The molecule has 0 amide bonds. The molecule has 0 radical (unpaired) electrons. The van der Waals surface area contributed by atoms with Gasteiger partial charge < -0.3 is 9.47 Å². The van der Waals surface area contributed by atoms with Gasteiger partial charge >= 0.3 is 11.9 Å². The van der Waals surface area contributed by atoms with Gasteiger partial charge in [-0.2, -0.15) is 0 Å². The minimum atomic E-state index is -0.389. The second kappa shape index (κ2) is 6.71. The SMILES string of the molecule is CCOC(=O)c1c2ccccc2c(C(=O)OCC)c2ccccc12. The van der Waals surface area contributed by atoms with E-state index < -0.39 is 0 Å². The first-order chi connectivity index (χ1) is 11.7. The van der Waals surface area contributed by atoms with E-state index in [-0.39, 0.29) is 11.9 Å². The molecular weight excluding hydrogens is 304 g/mol. The number of ether oxygens (including phenoxy) is 2. The van der Waals surface area contributed by atoms with Crippen LogP contribution in [0.3, 0.4) is 0 Å². The Morgan fingerprint density at radius 3 is 1.21 bits per heavy atom. The molecule has 0 unspecified atom stereocenters. The van der Waals surface area contributed by atoms with Crippen LogP contribution in [0.1, 0.15) is 34.6 Å². The minimum absolute atomic E-state index is 0.293. The molecule has 0 saturated heterocycles. The van der Waals surface area contributed by atoms with Crippen molar-refractivity contribution in [2.24, 2.45) is 0 Å². The van der Waals surface area contributed by atoms with E-state index in [2.05, 4.69) is 0 Å². The average molecular weight is 322 g/mol. The van der Waals surface area contributed by atoms with Gasteiger partial charge in [0.05, 0.1) is 24.3 Å². The molecule has 3 rings (SSSR count). The van der Waals surface area contributed by atoms with Crippen LogP contribution in [0.5, 0.6) is 0 Å². The van der Waals surface area contributed by atoms with Crippen LogP contribution in [0.15, 0.2) is 48.5 Å². The highest BCUT2D eigenvalue weighted by Gasteiger charge is 2.23. The van der Waals surface area contributed by atoms with Crippen molar-refractivity contribution in [1.29, 1.82) is 0 Å². The first kappa shape index (κ1) is 16.0. The summed E-state index contributed by atoms with van der Waals surface area (Å²) in [5.41, 5.74) is 0.965. The van der Waals surface area contributed by atoms with E-state index in [1.54, 1.807) is 13.8 Å². The summed E-state index contributed by atoms with van der Waals surface area (Å²) in [5, 5.41) is 2.77. The molecule has 24 heavy (non-hydrogen) atoms. The molecule has 0 aromatic heterocycles. The fraction of sp³-hybridized carbons (Fsp3) is 0.200. The highest BCUT2D eigenvalue weighted by Crippen LogP contribution is 2.33. The van der Waals surface area contributed by atoms with Crippen LogP contribution >= 0.6 is 0 Å². The molecular formula is C20H18O4. The molecule has 0 aliphatic rings. The first-order valence-corrected chi connectivity index (χ1v) is 7.96. The largest absolute Gasteiger partial charge is 0.462 e. The third-order valence-electron chi connectivity index (χ3n) is 3.89. The zero-order valence-electron chi connectivity index (χ0n) is 13.7. The molecule has 0 heterocycles. The van der Waals surface area contributed by atoms with Crippen LogP contribution in [0.4, 0.5) is 0 Å². The van der Waals surface area contributed by atoms with Crippen LogP contribution in [-0.4, -0.2) is 25.2 Å². The van der Waals surface area contributed by atoms with Gasteiger partial charge in [-0.25, -0.2) is 9.59 Å². The number of esters is 2. The van der Waals surface area contributed by atoms with Gasteiger partial charge in [-0.1, -0.05) is 48.5 Å². The maximum absolute atomic E-state index is 12.5. The number of hydrogen-bond donors (Lipinski definition) is 0. The molecule has 0 aliphatic heterocycles. The zero-order valence-corrected chi connectivity index (χ0v) is 13.7. The molecule has 0 aliphatic carbocycles. The second-order valence-corrected chi connectivity index (χ2v) is 5.28. The third-order valence-corrected chi connectivity index (χ3v) is 3.89. The molecule has 0 bridgehead atoms. The zero-order chi connectivity index (χ0) is 17.1. The number of carbonyl (C=O) groups excluding carboxylic acids is 2. The van der Waals surface area contributed by atoms with Gasteiger partial charge in [0.1, 0.15) is 0 Å². The topological polar surface area (TPSA) is 52.6 Å². The maximum Gasteiger partial charge on any atom is 0.339 e. The molecule has 0 spiro atoms. The van der Waals surface area contributed by atoms with Gasteiger partial charge in [0.15, 0.2) is 0 Å². The predicted molar refractivity (Wildman–Crippen MR) is 93.4 cm³/mol. The normalized spacial score (nSPS) is 10.8. The summed E-state index contributed by atoms with van der Waals surface area (Å²) in [6.45, 7) is 4.13. The summed E-state index contributed by atoms with van der Waals surface area (Å²) in [5.74, 6) is -0.777. The van der Waals surface area contributed by atoms with Gasteiger partial charge in [0.2, 0.25) is 0 Å². The predicted octanol–water partition coefficient (Wildman–Crippen LogP) is 4.35. The lowest BCUT2D eigenvalue weighted by atomic mass is 9.91. The summed E-state index contributed by atoms with van der Waals surface area (Å²) in [6.07, 6.45) is 0. The van der Waals surface area contributed by atoms with Crippen molar-refractivity contribution < 1.29 is 19.1 Å². The molecule has 0 atom stereocenters. The second-order valence-electron chi connectivity index (χ2n) is 5.28.